The summed E-state index contributed by atoms with van der Waals surface area (Å²) in [6.45, 7) is 4.08. The van der Waals surface area contributed by atoms with Crippen molar-refractivity contribution in [1.82, 2.24) is 15.0 Å². The Morgan fingerprint density at radius 1 is 1.00 bits per heavy atom. The molecule has 0 fully saturated rings. The molecule has 0 aliphatic rings. The first-order chi connectivity index (χ1) is 13.8. The maximum absolute atomic E-state index is 13.1. The van der Waals surface area contributed by atoms with Gasteiger partial charge in [-0.05, 0) is 49.2 Å². The largest absolute Gasteiger partial charge is 0.416 e. The molecule has 2 N–H and O–H groups in total. The fourth-order valence-corrected chi connectivity index (χ4v) is 3.30. The summed E-state index contributed by atoms with van der Waals surface area (Å²) in [5, 5.41) is 4.05. The first-order valence-electron chi connectivity index (χ1n) is 9.25. The average Bonchev–Trinajstić information content (AvgIpc) is 3.06. The fourth-order valence-electron chi connectivity index (χ4n) is 3.30. The molecule has 0 bridgehead atoms. The molecule has 0 saturated carbocycles. The number of rotatable bonds is 4. The third-order valence-electron chi connectivity index (χ3n) is 4.78. The standard InChI is InChI=1S/C22H19F3N4/c1-3-17-13(2)11-19(26-17)28-21-16-9-4-5-10-18(16)27-20(29-21)14-7-6-8-15(12-14)22(23,24)25/h4-12,26H,3H2,1-2H3,(H,27,28,29). The number of aryl methyl sites for hydroxylation is 2. The van der Waals surface area contributed by atoms with Crippen LogP contribution in [0.2, 0.25) is 0 Å². The van der Waals surface area contributed by atoms with E-state index in [0.29, 0.717) is 16.9 Å². The minimum atomic E-state index is -4.42. The molecular formula is C22H19F3N4. The predicted octanol–water partition coefficient (Wildman–Crippen LogP) is 6.26. The molecule has 4 rings (SSSR count). The molecule has 0 saturated heterocycles. The Hall–Kier alpha value is -3.35. The van der Waals surface area contributed by atoms with Gasteiger partial charge in [-0.2, -0.15) is 13.2 Å². The lowest BCUT2D eigenvalue weighted by Crippen LogP contribution is -2.05. The first kappa shape index (κ1) is 19.0. The van der Waals surface area contributed by atoms with Crippen LogP contribution in [-0.4, -0.2) is 15.0 Å². The number of nitrogens with zero attached hydrogens (tertiary/aromatic N) is 2. The second-order valence-corrected chi connectivity index (χ2v) is 6.81. The van der Waals surface area contributed by atoms with Gasteiger partial charge in [-0.1, -0.05) is 31.2 Å². The van der Waals surface area contributed by atoms with E-state index in [-0.39, 0.29) is 5.82 Å². The van der Waals surface area contributed by atoms with Gasteiger partial charge in [0.15, 0.2) is 5.82 Å². The SMILES string of the molecule is CCc1[nH]c(Nc2nc(-c3cccc(C(F)(F)F)c3)nc3ccccc23)cc1C. The number of alkyl halides is 3. The van der Waals surface area contributed by atoms with Gasteiger partial charge in [0.2, 0.25) is 0 Å². The molecule has 2 aromatic carbocycles. The summed E-state index contributed by atoms with van der Waals surface area (Å²) < 4.78 is 39.4. The van der Waals surface area contributed by atoms with Crippen LogP contribution in [0.3, 0.4) is 0 Å². The third-order valence-corrected chi connectivity index (χ3v) is 4.78. The number of hydrogen-bond donors (Lipinski definition) is 2. The van der Waals surface area contributed by atoms with E-state index in [2.05, 4.69) is 27.2 Å². The number of benzene rings is 2. The molecule has 2 aromatic heterocycles. The summed E-state index contributed by atoms with van der Waals surface area (Å²) in [6.07, 6.45) is -3.56. The van der Waals surface area contributed by atoms with Crippen LogP contribution in [0.5, 0.6) is 0 Å². The van der Waals surface area contributed by atoms with Gasteiger partial charge in [0.25, 0.3) is 0 Å². The Labute approximate surface area is 165 Å². The molecule has 4 aromatic rings. The zero-order valence-electron chi connectivity index (χ0n) is 15.9. The van der Waals surface area contributed by atoms with Crippen LogP contribution in [-0.2, 0) is 12.6 Å². The van der Waals surface area contributed by atoms with Crippen LogP contribution in [0, 0.1) is 6.92 Å². The van der Waals surface area contributed by atoms with Gasteiger partial charge in [0.1, 0.15) is 11.6 Å². The number of fused-ring (bicyclic) bond motifs is 1. The van der Waals surface area contributed by atoms with Crippen molar-refractivity contribution in [3.05, 3.63) is 71.4 Å². The van der Waals surface area contributed by atoms with Crippen molar-refractivity contribution in [3.63, 3.8) is 0 Å². The monoisotopic (exact) mass is 396 g/mol. The van der Waals surface area contributed by atoms with Crippen molar-refractivity contribution >= 4 is 22.5 Å². The quantitative estimate of drug-likeness (QED) is 0.428. The van der Waals surface area contributed by atoms with Gasteiger partial charge < -0.3 is 10.3 Å². The van der Waals surface area contributed by atoms with E-state index in [1.165, 1.54) is 6.07 Å². The zero-order chi connectivity index (χ0) is 20.6. The highest BCUT2D eigenvalue weighted by Gasteiger charge is 2.30. The maximum atomic E-state index is 13.1. The Morgan fingerprint density at radius 3 is 2.52 bits per heavy atom. The fraction of sp³-hybridized carbons (Fsp3) is 0.182. The van der Waals surface area contributed by atoms with Crippen molar-refractivity contribution in [2.24, 2.45) is 0 Å². The average molecular weight is 396 g/mol. The number of halogens is 3. The maximum Gasteiger partial charge on any atom is 0.416 e. The van der Waals surface area contributed by atoms with Crippen molar-refractivity contribution < 1.29 is 13.2 Å². The number of H-pyrrole nitrogens is 1. The number of hydrogen-bond acceptors (Lipinski definition) is 3. The number of aromatic nitrogens is 3. The van der Waals surface area contributed by atoms with Crippen LogP contribution < -0.4 is 5.32 Å². The van der Waals surface area contributed by atoms with Crippen LogP contribution in [0.1, 0.15) is 23.7 Å². The zero-order valence-corrected chi connectivity index (χ0v) is 15.9. The van der Waals surface area contributed by atoms with Crippen molar-refractivity contribution in [2.75, 3.05) is 5.32 Å². The van der Waals surface area contributed by atoms with E-state index in [1.54, 1.807) is 6.07 Å². The van der Waals surface area contributed by atoms with Crippen LogP contribution in [0.15, 0.2) is 54.6 Å². The van der Waals surface area contributed by atoms with Crippen LogP contribution >= 0.6 is 0 Å². The van der Waals surface area contributed by atoms with Gasteiger partial charge >= 0.3 is 6.18 Å². The highest BCUT2D eigenvalue weighted by Crippen LogP contribution is 2.33. The molecular weight excluding hydrogens is 377 g/mol. The molecule has 0 atom stereocenters. The van der Waals surface area contributed by atoms with E-state index in [1.807, 2.05) is 37.3 Å². The molecule has 0 aliphatic carbocycles. The normalized spacial score (nSPS) is 11.8. The molecule has 0 unspecified atom stereocenters. The van der Waals surface area contributed by atoms with E-state index >= 15 is 0 Å². The van der Waals surface area contributed by atoms with Gasteiger partial charge in [-0.25, -0.2) is 9.97 Å². The number of aromatic amines is 1. The molecule has 0 aliphatic heterocycles. The van der Waals surface area contributed by atoms with Gasteiger partial charge in [-0.15, -0.1) is 0 Å². The Morgan fingerprint density at radius 2 is 1.79 bits per heavy atom. The molecule has 148 valence electrons. The highest BCUT2D eigenvalue weighted by atomic mass is 19.4. The second-order valence-electron chi connectivity index (χ2n) is 6.81. The Kier molecular flexibility index (Phi) is 4.74. The van der Waals surface area contributed by atoms with Gasteiger partial charge in [0.05, 0.1) is 11.1 Å². The molecule has 0 spiro atoms. The number of para-hydroxylation sites is 1. The van der Waals surface area contributed by atoms with E-state index < -0.39 is 11.7 Å². The lowest BCUT2D eigenvalue weighted by atomic mass is 10.1. The second kappa shape index (κ2) is 7.24. The molecule has 2 heterocycles. The number of nitrogens with one attached hydrogen (secondary N) is 2. The van der Waals surface area contributed by atoms with Crippen molar-refractivity contribution in [3.8, 4) is 11.4 Å². The smallest absolute Gasteiger partial charge is 0.345 e. The third kappa shape index (κ3) is 3.81. The molecule has 7 heteroatoms. The summed E-state index contributed by atoms with van der Waals surface area (Å²) in [6, 6.07) is 14.4. The first-order valence-corrected chi connectivity index (χ1v) is 9.25. The van der Waals surface area contributed by atoms with Crippen molar-refractivity contribution in [2.45, 2.75) is 26.4 Å². The van der Waals surface area contributed by atoms with Gasteiger partial charge in [-0.3, -0.25) is 0 Å². The lowest BCUT2D eigenvalue weighted by Gasteiger charge is -2.11. The van der Waals surface area contributed by atoms with Gasteiger partial charge in [0, 0.05) is 16.6 Å². The molecule has 0 amide bonds. The van der Waals surface area contributed by atoms with E-state index in [9.17, 15) is 13.2 Å². The molecule has 29 heavy (non-hydrogen) atoms. The van der Waals surface area contributed by atoms with E-state index in [4.69, 9.17) is 0 Å². The summed E-state index contributed by atoms with van der Waals surface area (Å²) >= 11 is 0. The summed E-state index contributed by atoms with van der Waals surface area (Å²) in [7, 11) is 0. The Bertz CT molecular complexity index is 1180. The highest BCUT2D eigenvalue weighted by molar-refractivity contribution is 5.92. The predicted molar refractivity (Wildman–Crippen MR) is 108 cm³/mol. The summed E-state index contributed by atoms with van der Waals surface area (Å²) in [5.41, 5.74) is 2.48. The minimum Gasteiger partial charge on any atom is -0.345 e. The minimum absolute atomic E-state index is 0.233. The lowest BCUT2D eigenvalue weighted by molar-refractivity contribution is -0.137. The molecule has 4 nitrogen and oxygen atoms in total. The van der Waals surface area contributed by atoms with E-state index in [0.717, 1.165) is 41.0 Å². The van der Waals surface area contributed by atoms with Crippen molar-refractivity contribution in [1.29, 1.82) is 0 Å². The number of anilines is 2. The topological polar surface area (TPSA) is 53.6 Å². The van der Waals surface area contributed by atoms with Crippen LogP contribution in [0.25, 0.3) is 22.3 Å². The summed E-state index contributed by atoms with van der Waals surface area (Å²) in [5.74, 6) is 1.54. The molecule has 0 radical (unpaired) electrons. The summed E-state index contributed by atoms with van der Waals surface area (Å²) in [4.78, 5) is 12.3. The van der Waals surface area contributed by atoms with Crippen LogP contribution in [0.4, 0.5) is 24.8 Å². The Balaban J connectivity index is 1.83.